The van der Waals surface area contributed by atoms with Crippen molar-refractivity contribution in [2.45, 2.75) is 81.7 Å². The Labute approximate surface area is 221 Å². The Morgan fingerprint density at radius 2 is 1.84 bits per heavy atom. The van der Waals surface area contributed by atoms with Crippen LogP contribution in [0.3, 0.4) is 0 Å². The third-order valence-electron chi connectivity index (χ3n) is 6.80. The summed E-state index contributed by atoms with van der Waals surface area (Å²) in [6.07, 6.45) is -3.51. The molecule has 0 aromatic heterocycles. The number of hydrogen-bond donors (Lipinski definition) is 2. The summed E-state index contributed by atoms with van der Waals surface area (Å²) in [5.74, 6) is 0.348. The van der Waals surface area contributed by atoms with Gasteiger partial charge in [0.2, 0.25) is 15.9 Å². The van der Waals surface area contributed by atoms with Crippen LogP contribution in [0, 0.1) is 0 Å². The lowest BCUT2D eigenvalue weighted by molar-refractivity contribution is -0.140. The summed E-state index contributed by atoms with van der Waals surface area (Å²) in [6, 6.07) is 9.01. The maximum atomic E-state index is 13.5. The molecule has 2 aliphatic heterocycles. The average Bonchev–Trinajstić information content (AvgIpc) is 3.30. The summed E-state index contributed by atoms with van der Waals surface area (Å²) in [5.41, 5.74) is 0.658. The second-order valence-corrected chi connectivity index (χ2v) is 12.7. The molecule has 1 saturated heterocycles. The van der Waals surface area contributed by atoms with Crippen LogP contribution in [-0.2, 0) is 27.5 Å². The van der Waals surface area contributed by atoms with Crippen molar-refractivity contribution in [1.82, 2.24) is 14.9 Å². The molecule has 1 fully saturated rings. The number of hydrogen-bond acceptors (Lipinski definition) is 5. The summed E-state index contributed by atoms with van der Waals surface area (Å²) >= 11 is 0. The first kappa shape index (κ1) is 28.4. The Morgan fingerprint density at radius 1 is 1.11 bits per heavy atom. The van der Waals surface area contributed by atoms with E-state index in [1.807, 2.05) is 18.2 Å². The molecular weight excluding hydrogens is 519 g/mol. The van der Waals surface area contributed by atoms with Crippen LogP contribution in [0.5, 0.6) is 5.75 Å². The zero-order valence-corrected chi connectivity index (χ0v) is 22.6. The number of alkyl halides is 3. The van der Waals surface area contributed by atoms with E-state index in [0.717, 1.165) is 33.6 Å². The van der Waals surface area contributed by atoms with Gasteiger partial charge in [0.1, 0.15) is 5.75 Å². The average molecular weight is 554 g/mol. The van der Waals surface area contributed by atoms with Crippen LogP contribution in [-0.4, -0.2) is 43.4 Å². The lowest BCUT2D eigenvalue weighted by atomic mass is 9.98. The predicted octanol–water partition coefficient (Wildman–Crippen LogP) is 4.78. The number of ether oxygens (including phenoxy) is 1. The molecule has 2 aromatic carbocycles. The van der Waals surface area contributed by atoms with E-state index in [9.17, 15) is 26.4 Å². The molecular formula is C27H34F3N3O4S. The van der Waals surface area contributed by atoms with E-state index in [4.69, 9.17) is 4.74 Å². The number of rotatable bonds is 7. The summed E-state index contributed by atoms with van der Waals surface area (Å²) in [4.78, 5) is 12.2. The van der Waals surface area contributed by atoms with Crippen LogP contribution in [0.1, 0.15) is 69.2 Å². The molecule has 2 aromatic rings. The van der Waals surface area contributed by atoms with Gasteiger partial charge >= 0.3 is 6.18 Å². The van der Waals surface area contributed by atoms with Crippen LogP contribution < -0.4 is 15.4 Å². The molecule has 2 heterocycles. The summed E-state index contributed by atoms with van der Waals surface area (Å²) in [6.45, 7) is 7.41. The molecule has 0 spiro atoms. The van der Waals surface area contributed by atoms with Crippen molar-refractivity contribution in [3.63, 3.8) is 0 Å². The van der Waals surface area contributed by atoms with Gasteiger partial charge in [0.15, 0.2) is 0 Å². The third kappa shape index (κ3) is 6.50. The minimum Gasteiger partial charge on any atom is -0.493 e. The van der Waals surface area contributed by atoms with E-state index in [2.05, 4.69) is 31.4 Å². The Hall–Kier alpha value is -2.63. The minimum atomic E-state index is -4.81. The maximum absolute atomic E-state index is 13.5. The number of fused-ring (bicyclic) bond motifs is 1. The lowest BCUT2D eigenvalue weighted by Crippen LogP contribution is -2.41. The Morgan fingerprint density at radius 3 is 2.55 bits per heavy atom. The van der Waals surface area contributed by atoms with Crippen LogP contribution in [0.4, 0.5) is 13.2 Å². The van der Waals surface area contributed by atoms with E-state index >= 15 is 0 Å². The molecule has 38 heavy (non-hydrogen) atoms. The molecule has 11 heteroatoms. The first-order chi connectivity index (χ1) is 17.8. The molecule has 0 saturated carbocycles. The van der Waals surface area contributed by atoms with Gasteiger partial charge in [0.25, 0.3) is 0 Å². The van der Waals surface area contributed by atoms with Crippen LogP contribution >= 0.6 is 0 Å². The van der Waals surface area contributed by atoms with Crippen molar-refractivity contribution in [2.24, 2.45) is 0 Å². The highest BCUT2D eigenvalue weighted by Crippen LogP contribution is 2.38. The van der Waals surface area contributed by atoms with Gasteiger partial charge in [0.05, 0.1) is 23.1 Å². The number of nitrogens with one attached hydrogen (secondary N) is 2. The maximum Gasteiger partial charge on any atom is 0.417 e. The first-order valence-corrected chi connectivity index (χ1v) is 14.2. The Bertz CT molecular complexity index is 1280. The SMILES string of the molecule is CC(C)(C)NCc1ccc2c(c1)OCC[C@H]2NC(=O)C[C@@H]1CCCN1S(=O)(=O)c1ccccc1C(F)(F)F. The molecule has 7 nitrogen and oxygen atoms in total. The molecule has 2 atom stereocenters. The second kappa shape index (κ2) is 10.9. The van der Waals surface area contributed by atoms with Crippen molar-refractivity contribution in [3.8, 4) is 5.75 Å². The number of nitrogens with zero attached hydrogens (tertiary/aromatic N) is 1. The summed E-state index contributed by atoms with van der Waals surface area (Å²) < 4.78 is 74.0. The highest BCUT2D eigenvalue weighted by molar-refractivity contribution is 7.89. The molecule has 0 unspecified atom stereocenters. The first-order valence-electron chi connectivity index (χ1n) is 12.7. The van der Waals surface area contributed by atoms with Crippen molar-refractivity contribution >= 4 is 15.9 Å². The normalized spacial score (nSPS) is 20.6. The molecule has 2 N–H and O–H groups in total. The van der Waals surface area contributed by atoms with E-state index in [0.29, 0.717) is 38.2 Å². The number of benzene rings is 2. The molecule has 0 aliphatic carbocycles. The van der Waals surface area contributed by atoms with Crippen LogP contribution in [0.15, 0.2) is 47.4 Å². The molecule has 208 valence electrons. The lowest BCUT2D eigenvalue weighted by Gasteiger charge is -2.29. The minimum absolute atomic E-state index is 0.0380. The quantitative estimate of drug-likeness (QED) is 0.516. The summed E-state index contributed by atoms with van der Waals surface area (Å²) in [5, 5.41) is 6.42. The van der Waals surface area contributed by atoms with Crippen molar-refractivity contribution in [2.75, 3.05) is 13.2 Å². The second-order valence-electron chi connectivity index (χ2n) is 10.8. The zero-order chi connectivity index (χ0) is 27.7. The molecule has 0 bridgehead atoms. The number of sulfonamides is 1. The van der Waals surface area contributed by atoms with E-state index < -0.39 is 32.7 Å². The Kier molecular flexibility index (Phi) is 8.11. The fraction of sp³-hybridized carbons (Fsp3) is 0.519. The molecule has 4 rings (SSSR count). The number of amides is 1. The highest BCUT2D eigenvalue weighted by atomic mass is 32.2. The van der Waals surface area contributed by atoms with Crippen molar-refractivity contribution in [3.05, 3.63) is 59.2 Å². The van der Waals surface area contributed by atoms with Gasteiger partial charge in [-0.25, -0.2) is 8.42 Å². The third-order valence-corrected chi connectivity index (χ3v) is 8.81. The summed E-state index contributed by atoms with van der Waals surface area (Å²) in [7, 11) is -4.44. The van der Waals surface area contributed by atoms with Crippen LogP contribution in [0.25, 0.3) is 0 Å². The fourth-order valence-corrected chi connectivity index (χ4v) is 6.82. The van der Waals surface area contributed by atoms with Gasteiger partial charge in [-0.3, -0.25) is 4.79 Å². The smallest absolute Gasteiger partial charge is 0.417 e. The van der Waals surface area contributed by atoms with E-state index in [-0.39, 0.29) is 30.5 Å². The monoisotopic (exact) mass is 553 g/mol. The van der Waals surface area contributed by atoms with E-state index in [1.165, 1.54) is 6.07 Å². The number of carbonyl (C=O) groups excluding carboxylic acids is 1. The molecule has 2 aliphatic rings. The molecule has 1 amide bonds. The van der Waals surface area contributed by atoms with E-state index in [1.54, 1.807) is 0 Å². The largest absolute Gasteiger partial charge is 0.493 e. The van der Waals surface area contributed by atoms with Crippen molar-refractivity contribution < 1.29 is 31.1 Å². The molecule has 0 radical (unpaired) electrons. The van der Waals surface area contributed by atoms with Crippen LogP contribution in [0.2, 0.25) is 0 Å². The number of carbonyl (C=O) groups is 1. The van der Waals surface area contributed by atoms with Gasteiger partial charge in [0, 0.05) is 43.1 Å². The van der Waals surface area contributed by atoms with Gasteiger partial charge in [-0.15, -0.1) is 0 Å². The fourth-order valence-electron chi connectivity index (χ4n) is 4.91. The highest BCUT2D eigenvalue weighted by Gasteiger charge is 2.42. The standard InChI is InChI=1S/C27H34F3N3O4S/c1-26(2,3)31-17-18-10-11-20-22(12-14-37-23(20)15-18)32-25(34)16-19-7-6-13-33(19)38(35,36)24-9-5-4-8-21(24)27(28,29)30/h4-5,8-11,15,19,22,31H,6-7,12-14,16-17H2,1-3H3,(H,32,34)/t19-,22+/m0/s1. The van der Waals surface area contributed by atoms with Gasteiger partial charge in [-0.2, -0.15) is 17.5 Å². The van der Waals surface area contributed by atoms with Gasteiger partial charge in [-0.05, 0) is 57.4 Å². The Balaban J connectivity index is 1.45. The number of halogens is 3. The van der Waals surface area contributed by atoms with Crippen molar-refractivity contribution in [1.29, 1.82) is 0 Å². The van der Waals surface area contributed by atoms with Gasteiger partial charge < -0.3 is 15.4 Å². The topological polar surface area (TPSA) is 87.7 Å². The zero-order valence-electron chi connectivity index (χ0n) is 21.8. The van der Waals surface area contributed by atoms with Gasteiger partial charge in [-0.1, -0.05) is 24.3 Å². The predicted molar refractivity (Wildman–Crippen MR) is 137 cm³/mol.